The van der Waals surface area contributed by atoms with Gasteiger partial charge in [0.2, 0.25) is 17.7 Å². The summed E-state index contributed by atoms with van der Waals surface area (Å²) in [5.74, 6) is -2.63. The maximum atomic E-state index is 13.4. The molecular weight excluding hydrogens is 906 g/mol. The molecule has 0 saturated heterocycles. The van der Waals surface area contributed by atoms with Crippen molar-refractivity contribution in [2.24, 2.45) is 5.73 Å². The third-order valence-corrected chi connectivity index (χ3v) is 12.9. The number of hydrogen-bond acceptors (Lipinski definition) is 12. The molecule has 7 N–H and O–H groups in total. The minimum Gasteiger partial charge on any atom is -0.480 e. The van der Waals surface area contributed by atoms with Gasteiger partial charge in [-0.05, 0) is 141 Å². The number of alkyl carbamates (subject to hydrolysis) is 1. The van der Waals surface area contributed by atoms with Crippen LogP contribution in [0.15, 0.2) is 0 Å². The maximum Gasteiger partial charge on any atom is 0.408 e. The number of unbranched alkanes of at least 4 members (excludes halogenated alkanes) is 15. The molecule has 0 aromatic heterocycles. The van der Waals surface area contributed by atoms with Crippen molar-refractivity contribution in [2.75, 3.05) is 19.3 Å². The number of carbonyl (C=O) groups is 6. The van der Waals surface area contributed by atoms with Crippen molar-refractivity contribution in [3.63, 3.8) is 0 Å². The number of carbonyl (C=O) groups excluding carboxylic acids is 5. The third kappa shape index (κ3) is 40.1. The number of hydrogen-bond donors (Lipinski definition) is 6. The summed E-state index contributed by atoms with van der Waals surface area (Å²) in [5, 5.41) is 20.0. The van der Waals surface area contributed by atoms with Crippen LogP contribution in [0.5, 0.6) is 0 Å². The van der Waals surface area contributed by atoms with E-state index in [0.717, 1.165) is 38.5 Å². The van der Waals surface area contributed by atoms with E-state index in [4.69, 9.17) is 29.4 Å². The first-order valence-electron chi connectivity index (χ1n) is 26.0. The maximum absolute atomic E-state index is 13.4. The monoisotopic (exact) mass is 1000 g/mol. The van der Waals surface area contributed by atoms with E-state index in [0.29, 0.717) is 44.8 Å². The minimum absolute atomic E-state index is 0.0137. The Balaban J connectivity index is 4.57. The van der Waals surface area contributed by atoms with Crippen LogP contribution in [-0.4, -0.2) is 101 Å². The van der Waals surface area contributed by atoms with Crippen LogP contribution in [-0.2, 0) is 47.1 Å². The molecule has 0 heterocycles. The lowest BCUT2D eigenvalue weighted by Crippen LogP contribution is -2.48. The van der Waals surface area contributed by atoms with Gasteiger partial charge in [-0.3, -0.25) is 23.7 Å². The van der Waals surface area contributed by atoms with Crippen molar-refractivity contribution in [3.8, 4) is 0 Å². The highest BCUT2D eigenvalue weighted by Gasteiger charge is 2.35. The van der Waals surface area contributed by atoms with Crippen LogP contribution in [0.25, 0.3) is 0 Å². The predicted octanol–water partition coefficient (Wildman–Crippen LogP) is 10.1. The Morgan fingerprint density at radius 1 is 0.493 bits per heavy atom. The van der Waals surface area contributed by atoms with Crippen molar-refractivity contribution in [2.45, 2.75) is 271 Å². The van der Waals surface area contributed by atoms with Gasteiger partial charge in [-0.15, -0.1) is 0 Å². The molecule has 0 aliphatic heterocycles. The van der Waals surface area contributed by atoms with Crippen LogP contribution in [0, 0.1) is 0 Å². The number of amides is 4. The number of nitrogens with two attached hydrogens (primary N) is 1. The predicted molar refractivity (Wildman–Crippen MR) is 273 cm³/mol. The largest absolute Gasteiger partial charge is 0.480 e. The van der Waals surface area contributed by atoms with Gasteiger partial charge in [-0.1, -0.05) is 77.0 Å². The first-order chi connectivity index (χ1) is 31.9. The fourth-order valence-corrected chi connectivity index (χ4v) is 9.78. The highest BCUT2D eigenvalue weighted by atomic mass is 31.2. The zero-order valence-electron chi connectivity index (χ0n) is 45.1. The van der Waals surface area contributed by atoms with Gasteiger partial charge < -0.3 is 50.6 Å². The summed E-state index contributed by atoms with van der Waals surface area (Å²) in [7, 11) is -3.16. The van der Waals surface area contributed by atoms with E-state index in [1.54, 1.807) is 41.5 Å². The van der Waals surface area contributed by atoms with Gasteiger partial charge in [0.15, 0.2) is 0 Å². The number of carboxylic acids is 1. The molecule has 0 aromatic carbocycles. The molecule has 69 heavy (non-hydrogen) atoms. The lowest BCUT2D eigenvalue weighted by atomic mass is 10.0. The van der Waals surface area contributed by atoms with Crippen LogP contribution in [0.4, 0.5) is 4.79 Å². The summed E-state index contributed by atoms with van der Waals surface area (Å²) in [6.45, 7) is 22.4. The van der Waals surface area contributed by atoms with Gasteiger partial charge >= 0.3 is 25.6 Å². The Morgan fingerprint density at radius 2 is 0.942 bits per heavy atom. The molecule has 0 aliphatic rings. The molecule has 0 unspecified atom stereocenters. The van der Waals surface area contributed by atoms with Gasteiger partial charge in [-0.25, -0.2) is 9.59 Å². The van der Waals surface area contributed by atoms with E-state index >= 15 is 0 Å². The van der Waals surface area contributed by atoms with E-state index in [2.05, 4.69) is 21.3 Å². The Kier molecular flexibility index (Phi) is 32.5. The van der Waals surface area contributed by atoms with Crippen molar-refractivity contribution >= 4 is 43.3 Å². The molecule has 0 spiro atoms. The molecule has 18 heteroatoms. The number of aliphatic carboxylic acids is 1. The number of rotatable bonds is 37. The lowest BCUT2D eigenvalue weighted by molar-refractivity contribution is -0.159. The molecule has 404 valence electrons. The zero-order chi connectivity index (χ0) is 52.7. The summed E-state index contributed by atoms with van der Waals surface area (Å²) in [5.41, 5.74) is 2.96. The van der Waals surface area contributed by atoms with Gasteiger partial charge in [0.1, 0.15) is 29.3 Å². The summed E-state index contributed by atoms with van der Waals surface area (Å²) in [4.78, 5) is 75.2. The quantitative estimate of drug-likeness (QED) is 0.0193. The van der Waals surface area contributed by atoms with Crippen molar-refractivity contribution < 1.29 is 57.0 Å². The van der Waals surface area contributed by atoms with Crippen molar-refractivity contribution in [1.29, 1.82) is 0 Å². The van der Waals surface area contributed by atoms with Gasteiger partial charge in [-0.2, -0.15) is 0 Å². The van der Waals surface area contributed by atoms with Crippen molar-refractivity contribution in [1.82, 2.24) is 21.3 Å². The summed E-state index contributed by atoms with van der Waals surface area (Å²) in [6, 6.07) is -2.82. The summed E-state index contributed by atoms with van der Waals surface area (Å²) in [6.07, 6.45) is 17.8. The average Bonchev–Trinajstić information content (AvgIpc) is 3.18. The normalized spacial score (nSPS) is 13.8. The van der Waals surface area contributed by atoms with Gasteiger partial charge in [0.05, 0.1) is 17.4 Å². The molecule has 0 saturated carbocycles. The van der Waals surface area contributed by atoms with Crippen LogP contribution in [0.1, 0.15) is 231 Å². The second kappa shape index (κ2) is 34.2. The van der Waals surface area contributed by atoms with E-state index in [9.17, 15) is 33.3 Å². The summed E-state index contributed by atoms with van der Waals surface area (Å²) >= 11 is 0. The van der Waals surface area contributed by atoms with Crippen LogP contribution >= 0.6 is 7.60 Å². The first-order valence-corrected chi connectivity index (χ1v) is 27.7. The fraction of sp³-hybridized carbons (Fsp3) is 0.882. The SMILES string of the molecule is CC(C)(C)OC(=O)N[C@@H](CCCCNC(=O)CC[C@H](NC(=O)CCCCCCCCCCCCCCCCP(=O)(OC(C)(C)C)OC(C)(C)C)C(=O)OC(C)(C)C)C(=O)NCCCC[C@H](N)C(=O)O. The standard InChI is InChI=1S/C51H98N5O12P/c1-48(2,3)65-46(62)41(34-35-42(57)53-36-29-27-32-40(56-47(63)66-49(4,5)6)44(59)54-37-28-26-31-39(52)45(60)61)55-43(58)33-25-23-21-19-17-15-13-14-16-18-20-22-24-30-38-69(64,67-50(7,8)9)68-51(10,11)12/h39-41H,13-38,52H2,1-12H3,(H,53,57)(H,54,59)(H,55,58)(H,56,63)(H,60,61)/t39-,40-,41-/m0/s1. The molecule has 0 bridgehead atoms. The lowest BCUT2D eigenvalue weighted by Gasteiger charge is -2.32. The molecule has 0 aromatic rings. The molecule has 17 nitrogen and oxygen atoms in total. The number of carboxylic acid groups (broad SMARTS) is 1. The Hall–Kier alpha value is -3.27. The second-order valence-electron chi connectivity index (χ2n) is 22.4. The van der Waals surface area contributed by atoms with Crippen LogP contribution < -0.4 is 27.0 Å². The van der Waals surface area contributed by atoms with E-state index in [1.807, 2.05) is 41.5 Å². The van der Waals surface area contributed by atoms with Gasteiger partial charge in [0.25, 0.3) is 0 Å². The summed E-state index contributed by atoms with van der Waals surface area (Å²) < 4.78 is 36.0. The topological polar surface area (TPSA) is 251 Å². The Labute approximate surface area is 416 Å². The number of ether oxygens (including phenoxy) is 2. The third-order valence-electron chi connectivity index (χ3n) is 10.4. The Bertz CT molecular complexity index is 1530. The van der Waals surface area contributed by atoms with E-state index < -0.39 is 72.1 Å². The number of esters is 1. The molecule has 0 radical (unpaired) electrons. The zero-order valence-corrected chi connectivity index (χ0v) is 46.0. The molecule has 4 amide bonds. The first kappa shape index (κ1) is 65.7. The number of nitrogens with one attached hydrogen (secondary N) is 4. The fourth-order valence-electron chi connectivity index (χ4n) is 7.28. The van der Waals surface area contributed by atoms with Crippen LogP contribution in [0.2, 0.25) is 0 Å². The minimum atomic E-state index is -3.16. The molecular formula is C51H98N5O12P. The molecule has 3 atom stereocenters. The molecule has 0 aliphatic carbocycles. The highest BCUT2D eigenvalue weighted by Crippen LogP contribution is 2.55. The molecule has 0 fully saturated rings. The van der Waals surface area contributed by atoms with E-state index in [-0.39, 0.29) is 50.5 Å². The second-order valence-corrected chi connectivity index (χ2v) is 24.4. The van der Waals surface area contributed by atoms with E-state index in [1.165, 1.54) is 44.9 Å². The smallest absolute Gasteiger partial charge is 0.408 e. The average molecular weight is 1000 g/mol. The molecule has 0 rings (SSSR count). The van der Waals surface area contributed by atoms with Crippen LogP contribution in [0.3, 0.4) is 0 Å². The van der Waals surface area contributed by atoms with Gasteiger partial charge in [0, 0.05) is 25.9 Å². The van der Waals surface area contributed by atoms with Crippen molar-refractivity contribution in [3.05, 3.63) is 0 Å². The Morgan fingerprint density at radius 3 is 1.41 bits per heavy atom. The highest BCUT2D eigenvalue weighted by molar-refractivity contribution is 7.53.